The minimum Gasteiger partial charge on any atom is -0.478 e. The highest BCUT2D eigenvalue weighted by molar-refractivity contribution is 6.03. The Morgan fingerprint density at radius 1 is 0.972 bits per heavy atom. The summed E-state index contributed by atoms with van der Waals surface area (Å²) < 4.78 is 11.1. The molecule has 1 unspecified atom stereocenters. The molecule has 2 heterocycles. The molecule has 1 aliphatic rings. The number of hydrogen-bond donors (Lipinski definition) is 1. The van der Waals surface area contributed by atoms with Crippen LogP contribution in [0.4, 0.5) is 11.4 Å². The molecule has 0 amide bonds. The van der Waals surface area contributed by atoms with Crippen LogP contribution in [-0.4, -0.2) is 47.9 Å². The van der Waals surface area contributed by atoms with Crippen molar-refractivity contribution < 1.29 is 24.2 Å². The number of carboxylic acids is 1. The number of methoxy groups -OCH3 is 2. The van der Waals surface area contributed by atoms with Crippen LogP contribution in [0.15, 0.2) is 53.5 Å². The van der Waals surface area contributed by atoms with Crippen LogP contribution in [-0.2, 0) is 11.4 Å². The molecule has 2 aromatic carbocycles. The Bertz CT molecular complexity index is 1280. The Labute approximate surface area is 210 Å². The SMILES string of the molecule is CCCCC1=Nc2c(OC)nnc(OC)c2[N+]1(Cc1ccc(-c2ccccc2C(=O)O)cc1)OCC. The summed E-state index contributed by atoms with van der Waals surface area (Å²) in [7, 11) is 3.09. The molecule has 0 aliphatic carbocycles. The molecule has 4 rings (SSSR count). The van der Waals surface area contributed by atoms with E-state index in [1.165, 1.54) is 0 Å². The number of ether oxygens (including phenoxy) is 2. The number of carbonyl (C=O) groups is 1. The standard InChI is InChI=1S/C27H30N4O5/c1-5-7-12-22-28-23-24(26(35-4)30-29-25(23)34-3)31(22,36-6-2)17-18-13-15-19(16-14-18)20-10-8-9-11-21(20)27(32)33/h8-11,13-16H,5-7,12,17H2,1-4H3/p+1. The van der Waals surface area contributed by atoms with Gasteiger partial charge < -0.3 is 14.6 Å². The van der Waals surface area contributed by atoms with Crippen LogP contribution >= 0.6 is 0 Å². The van der Waals surface area contributed by atoms with Gasteiger partial charge in [-0.3, -0.25) is 0 Å². The molecule has 9 heteroatoms. The maximum atomic E-state index is 11.7. The van der Waals surface area contributed by atoms with Gasteiger partial charge >= 0.3 is 11.8 Å². The molecule has 3 aromatic rings. The average molecular weight is 492 g/mol. The largest absolute Gasteiger partial charge is 0.478 e. The van der Waals surface area contributed by atoms with Gasteiger partial charge in [0.2, 0.25) is 11.5 Å². The Kier molecular flexibility index (Phi) is 7.61. The third-order valence-electron chi connectivity index (χ3n) is 6.20. The van der Waals surface area contributed by atoms with Crippen LogP contribution in [0.25, 0.3) is 11.1 Å². The van der Waals surface area contributed by atoms with Crippen molar-refractivity contribution in [2.45, 2.75) is 39.7 Å². The molecule has 1 aromatic heterocycles. The van der Waals surface area contributed by atoms with Crippen LogP contribution in [0.2, 0.25) is 0 Å². The van der Waals surface area contributed by atoms with Gasteiger partial charge in [-0.2, -0.15) is 9.83 Å². The maximum Gasteiger partial charge on any atom is 0.336 e. The van der Waals surface area contributed by atoms with Crippen molar-refractivity contribution in [2.24, 2.45) is 4.99 Å². The third-order valence-corrected chi connectivity index (χ3v) is 6.20. The van der Waals surface area contributed by atoms with E-state index in [-0.39, 0.29) is 10.2 Å². The van der Waals surface area contributed by atoms with Gasteiger partial charge in [-0.25, -0.2) is 4.79 Å². The summed E-state index contributed by atoms with van der Waals surface area (Å²) in [5, 5.41) is 18.0. The summed E-state index contributed by atoms with van der Waals surface area (Å²) in [6.45, 7) is 4.95. The minimum absolute atomic E-state index is 0.00590. The highest BCUT2D eigenvalue weighted by Crippen LogP contribution is 2.51. The molecule has 1 N–H and O–H groups in total. The topological polar surface area (TPSA) is 103 Å². The first kappa shape index (κ1) is 25.3. The van der Waals surface area contributed by atoms with Crippen molar-refractivity contribution in [3.05, 3.63) is 59.7 Å². The Hall–Kier alpha value is -3.82. The lowest BCUT2D eigenvalue weighted by Gasteiger charge is -2.32. The number of hydrogen-bond acceptors (Lipinski definition) is 7. The van der Waals surface area contributed by atoms with Gasteiger partial charge in [-0.05, 0) is 30.5 Å². The first-order valence-electron chi connectivity index (χ1n) is 12.0. The zero-order valence-electron chi connectivity index (χ0n) is 21.0. The summed E-state index contributed by atoms with van der Waals surface area (Å²) in [5.41, 5.74) is 3.97. The Balaban J connectivity index is 1.79. The smallest absolute Gasteiger partial charge is 0.336 e. The normalized spacial score (nSPS) is 16.4. The molecular formula is C27H31N4O5+. The van der Waals surface area contributed by atoms with Crippen molar-refractivity contribution >= 4 is 23.2 Å². The van der Waals surface area contributed by atoms with Crippen molar-refractivity contribution in [3.63, 3.8) is 0 Å². The molecule has 0 saturated heterocycles. The van der Waals surface area contributed by atoms with Crippen molar-refractivity contribution in [3.8, 4) is 22.9 Å². The van der Waals surface area contributed by atoms with E-state index in [4.69, 9.17) is 19.3 Å². The predicted molar refractivity (Wildman–Crippen MR) is 138 cm³/mol. The number of unbranched alkanes of at least 4 members (excludes halogenated alkanes) is 1. The van der Waals surface area contributed by atoms with E-state index in [2.05, 4.69) is 17.1 Å². The lowest BCUT2D eigenvalue weighted by Crippen LogP contribution is -2.51. The zero-order valence-corrected chi connectivity index (χ0v) is 21.0. The summed E-state index contributed by atoms with van der Waals surface area (Å²) in [4.78, 5) is 23.1. The Morgan fingerprint density at radius 2 is 1.67 bits per heavy atom. The molecular weight excluding hydrogens is 460 g/mol. The number of rotatable bonds is 11. The first-order valence-corrected chi connectivity index (χ1v) is 12.0. The second-order valence-electron chi connectivity index (χ2n) is 8.41. The van der Waals surface area contributed by atoms with Gasteiger partial charge in [0.15, 0.2) is 0 Å². The first-order chi connectivity index (χ1) is 17.5. The molecule has 0 fully saturated rings. The fourth-order valence-electron chi connectivity index (χ4n) is 4.54. The average Bonchev–Trinajstić information content (AvgIpc) is 3.21. The number of quaternary nitrogens is 1. The van der Waals surface area contributed by atoms with E-state index in [0.717, 1.165) is 36.2 Å². The molecule has 0 radical (unpaired) electrons. The fourth-order valence-corrected chi connectivity index (χ4v) is 4.54. The number of aliphatic imine (C=N–C) groups is 1. The second kappa shape index (κ2) is 10.8. The summed E-state index contributed by atoms with van der Waals surface area (Å²) in [6.07, 6.45) is 2.67. The minimum atomic E-state index is -0.955. The number of aromatic carboxylic acids is 1. The highest BCUT2D eigenvalue weighted by Gasteiger charge is 2.51. The number of nitrogens with zero attached hydrogens (tertiary/aromatic N) is 4. The number of aromatic nitrogens is 2. The number of benzene rings is 2. The molecule has 36 heavy (non-hydrogen) atoms. The van der Waals surface area contributed by atoms with Crippen LogP contribution in [0, 0.1) is 0 Å². The van der Waals surface area contributed by atoms with Crippen LogP contribution in [0.3, 0.4) is 0 Å². The monoisotopic (exact) mass is 491 g/mol. The summed E-state index contributed by atoms with van der Waals surface area (Å²) >= 11 is 0. The van der Waals surface area contributed by atoms with Gasteiger partial charge in [0.05, 0.1) is 19.8 Å². The second-order valence-corrected chi connectivity index (χ2v) is 8.41. The van der Waals surface area contributed by atoms with Gasteiger partial charge in [0.25, 0.3) is 11.6 Å². The summed E-state index contributed by atoms with van der Waals surface area (Å²) in [5.74, 6) is 0.533. The van der Waals surface area contributed by atoms with E-state index in [9.17, 15) is 9.90 Å². The highest BCUT2D eigenvalue weighted by atomic mass is 16.7. The number of amidine groups is 1. The molecule has 0 saturated carbocycles. The number of hydroxylamine groups is 2. The van der Waals surface area contributed by atoms with Gasteiger partial charge in [-0.15, -0.1) is 10.2 Å². The molecule has 188 valence electrons. The molecule has 0 spiro atoms. The third kappa shape index (κ3) is 4.55. The quantitative estimate of drug-likeness (QED) is 0.351. The molecule has 0 bridgehead atoms. The van der Waals surface area contributed by atoms with E-state index in [1.807, 2.05) is 43.3 Å². The Morgan fingerprint density at radius 3 is 2.31 bits per heavy atom. The predicted octanol–water partition coefficient (Wildman–Crippen LogP) is 5.55. The van der Waals surface area contributed by atoms with E-state index >= 15 is 0 Å². The van der Waals surface area contributed by atoms with Gasteiger partial charge in [0.1, 0.15) is 13.2 Å². The molecule has 1 aliphatic heterocycles. The van der Waals surface area contributed by atoms with Crippen LogP contribution in [0.1, 0.15) is 49.0 Å². The number of carboxylic acid groups (broad SMARTS) is 1. The van der Waals surface area contributed by atoms with Crippen molar-refractivity contribution in [2.75, 3.05) is 20.8 Å². The maximum absolute atomic E-state index is 11.7. The van der Waals surface area contributed by atoms with E-state index in [1.54, 1.807) is 26.4 Å². The zero-order chi connectivity index (χ0) is 25.7. The van der Waals surface area contributed by atoms with Gasteiger partial charge in [0, 0.05) is 12.0 Å². The van der Waals surface area contributed by atoms with Crippen molar-refractivity contribution in [1.82, 2.24) is 14.8 Å². The van der Waals surface area contributed by atoms with Crippen LogP contribution < -0.4 is 14.1 Å². The molecule has 9 nitrogen and oxygen atoms in total. The lowest BCUT2D eigenvalue weighted by molar-refractivity contribution is -0.0917. The number of fused-ring (bicyclic) bond motifs is 1. The van der Waals surface area contributed by atoms with E-state index in [0.29, 0.717) is 41.8 Å². The van der Waals surface area contributed by atoms with E-state index < -0.39 is 5.97 Å². The molecule has 1 atom stereocenters. The lowest BCUT2D eigenvalue weighted by atomic mass is 9.98. The van der Waals surface area contributed by atoms with Crippen molar-refractivity contribution in [1.29, 1.82) is 0 Å². The van der Waals surface area contributed by atoms with Crippen LogP contribution in [0.5, 0.6) is 11.8 Å². The fraction of sp³-hybridized carbons (Fsp3) is 0.333. The summed E-state index contributed by atoms with van der Waals surface area (Å²) in [6, 6.07) is 14.8. The van der Waals surface area contributed by atoms with Gasteiger partial charge in [-0.1, -0.05) is 60.5 Å².